The molecule has 222 valence electrons. The minimum atomic E-state index is -1.25. The molecule has 0 aliphatic carbocycles. The molecule has 3 aliphatic rings. The van der Waals surface area contributed by atoms with Crippen LogP contribution in [0.15, 0.2) is 0 Å². The Labute approximate surface area is 230 Å². The summed E-state index contributed by atoms with van der Waals surface area (Å²) in [6, 6.07) is -0.841. The molecule has 39 heavy (non-hydrogen) atoms. The third kappa shape index (κ3) is 7.73. The lowest BCUT2D eigenvalue weighted by molar-refractivity contribution is -0.296. The molecule has 3 aliphatic heterocycles. The molecule has 0 aromatic rings. The molecule has 0 radical (unpaired) electrons. The van der Waals surface area contributed by atoms with Gasteiger partial charge >= 0.3 is 17.9 Å². The molecule has 10 atom stereocenters. The number of methoxy groups -OCH3 is 1. The molecule has 0 aromatic heterocycles. The van der Waals surface area contributed by atoms with E-state index in [1.165, 1.54) is 7.11 Å². The van der Waals surface area contributed by atoms with Gasteiger partial charge in [0.15, 0.2) is 41.8 Å². The number of aliphatic hydroxyl groups excluding tert-OH is 2. The molecule has 0 unspecified atom stereocenters. The summed E-state index contributed by atoms with van der Waals surface area (Å²) < 4.78 is 44.3. The highest BCUT2D eigenvalue weighted by Crippen LogP contribution is 2.38. The Hall–Kier alpha value is -2.18. The first-order chi connectivity index (χ1) is 18.3. The van der Waals surface area contributed by atoms with Crippen LogP contribution in [-0.2, 0) is 52.3 Å². The van der Waals surface area contributed by atoms with E-state index in [2.05, 4.69) is 10.6 Å². The van der Waals surface area contributed by atoms with Crippen LogP contribution < -0.4 is 10.6 Å². The number of aliphatic hydroxyl groups is 2. The number of thiocarbonyl (C=S) groups is 1. The number of fused-ring (bicyclic) bond motifs is 1. The Kier molecular flexibility index (Phi) is 10.4. The monoisotopic (exact) mass is 580 g/mol. The summed E-state index contributed by atoms with van der Waals surface area (Å²) in [6.45, 7) is 6.32. The van der Waals surface area contributed by atoms with E-state index >= 15 is 0 Å². The predicted molar refractivity (Wildman–Crippen MR) is 132 cm³/mol. The van der Waals surface area contributed by atoms with Gasteiger partial charge in [-0.05, 0) is 26.1 Å². The standard InChI is InChI=1S/C23H36N2O13S/c1-9(27)32-16-13(35-20(31-6)19(34-11(3)29)18(16)33-10(2)28)7-24-22(39)25-12(8-26)15-14(30)17-21(36-15)38-23(4,5)37-17/h12-21,26,30H,7-8H2,1-6H3,(H2,24,25,39)/t12-,13+,14-,15+,16+,17+,18-,19+,20-,21+/m0/s1. The lowest BCUT2D eigenvalue weighted by Crippen LogP contribution is -2.64. The van der Waals surface area contributed by atoms with Crippen molar-refractivity contribution in [3.8, 4) is 0 Å². The first kappa shape index (κ1) is 31.3. The maximum absolute atomic E-state index is 11.9. The highest BCUT2D eigenvalue weighted by atomic mass is 32.1. The van der Waals surface area contributed by atoms with Gasteiger partial charge in [0.05, 0.1) is 12.6 Å². The van der Waals surface area contributed by atoms with Crippen LogP contribution in [0.4, 0.5) is 0 Å². The normalized spacial score (nSPS) is 35.8. The zero-order valence-electron chi connectivity index (χ0n) is 22.5. The van der Waals surface area contributed by atoms with E-state index in [4.69, 9.17) is 50.1 Å². The predicted octanol–water partition coefficient (Wildman–Crippen LogP) is -1.78. The number of esters is 3. The van der Waals surface area contributed by atoms with Crippen molar-refractivity contribution < 1.29 is 62.5 Å². The second-order valence-electron chi connectivity index (χ2n) is 9.70. The van der Waals surface area contributed by atoms with E-state index in [0.29, 0.717) is 0 Å². The maximum Gasteiger partial charge on any atom is 0.303 e. The molecule has 0 spiro atoms. The van der Waals surface area contributed by atoms with E-state index in [9.17, 15) is 24.6 Å². The highest BCUT2D eigenvalue weighted by molar-refractivity contribution is 7.80. The largest absolute Gasteiger partial charge is 0.456 e. The fourth-order valence-electron chi connectivity index (χ4n) is 4.70. The Morgan fingerprint density at radius 2 is 1.56 bits per heavy atom. The quantitative estimate of drug-likeness (QED) is 0.136. The van der Waals surface area contributed by atoms with Crippen LogP contribution in [-0.4, -0.2) is 121 Å². The molecule has 3 rings (SSSR count). The van der Waals surface area contributed by atoms with Crippen LogP contribution >= 0.6 is 12.2 Å². The number of nitrogens with one attached hydrogen (secondary N) is 2. The summed E-state index contributed by atoms with van der Waals surface area (Å²) in [5.41, 5.74) is 0. The molecular formula is C23H36N2O13S. The van der Waals surface area contributed by atoms with Gasteiger partial charge in [0.1, 0.15) is 24.4 Å². The molecule has 3 fully saturated rings. The molecule has 3 heterocycles. The van der Waals surface area contributed by atoms with Crippen molar-refractivity contribution in [1.29, 1.82) is 0 Å². The molecule has 0 saturated carbocycles. The van der Waals surface area contributed by atoms with Crippen LogP contribution in [0.2, 0.25) is 0 Å². The summed E-state index contributed by atoms with van der Waals surface area (Å²) >= 11 is 5.36. The minimum Gasteiger partial charge on any atom is -0.456 e. The zero-order chi connectivity index (χ0) is 29.1. The van der Waals surface area contributed by atoms with Gasteiger partial charge in [0.25, 0.3) is 0 Å². The Morgan fingerprint density at radius 1 is 0.974 bits per heavy atom. The van der Waals surface area contributed by atoms with E-state index in [-0.39, 0.29) is 11.7 Å². The Bertz CT molecular complexity index is 920. The van der Waals surface area contributed by atoms with Crippen molar-refractivity contribution in [2.75, 3.05) is 20.3 Å². The van der Waals surface area contributed by atoms with Gasteiger partial charge in [-0.25, -0.2) is 0 Å². The molecular weight excluding hydrogens is 544 g/mol. The maximum atomic E-state index is 11.9. The summed E-state index contributed by atoms with van der Waals surface area (Å²) in [7, 11) is 1.30. The smallest absolute Gasteiger partial charge is 0.303 e. The number of carbonyl (C=O) groups excluding carboxylic acids is 3. The van der Waals surface area contributed by atoms with Gasteiger partial charge in [-0.1, -0.05) is 0 Å². The van der Waals surface area contributed by atoms with E-state index < -0.39 is 91.7 Å². The molecule has 16 heteroatoms. The fraction of sp³-hybridized carbons (Fsp3) is 0.826. The van der Waals surface area contributed by atoms with E-state index in [1.54, 1.807) is 13.8 Å². The lowest BCUT2D eigenvalue weighted by Gasteiger charge is -2.44. The van der Waals surface area contributed by atoms with E-state index in [0.717, 1.165) is 20.8 Å². The topological polar surface area (TPSA) is 190 Å². The van der Waals surface area contributed by atoms with Crippen molar-refractivity contribution in [2.24, 2.45) is 0 Å². The van der Waals surface area contributed by atoms with Gasteiger partial charge < -0.3 is 58.7 Å². The summed E-state index contributed by atoms with van der Waals surface area (Å²) in [4.78, 5) is 35.4. The third-order valence-corrected chi connectivity index (χ3v) is 6.42. The summed E-state index contributed by atoms with van der Waals surface area (Å²) in [5, 5.41) is 26.4. The van der Waals surface area contributed by atoms with Crippen LogP contribution in [0.25, 0.3) is 0 Å². The van der Waals surface area contributed by atoms with Crippen LogP contribution in [0, 0.1) is 0 Å². The van der Waals surface area contributed by atoms with Crippen molar-refractivity contribution in [3.05, 3.63) is 0 Å². The zero-order valence-corrected chi connectivity index (χ0v) is 23.3. The molecule has 0 aromatic carbocycles. The van der Waals surface area contributed by atoms with Gasteiger partial charge in [0, 0.05) is 34.4 Å². The number of hydrogen-bond acceptors (Lipinski definition) is 14. The molecule has 0 amide bonds. The first-order valence-corrected chi connectivity index (χ1v) is 12.7. The average Bonchev–Trinajstić information content (AvgIpc) is 3.29. The Balaban J connectivity index is 1.68. The second-order valence-corrected chi connectivity index (χ2v) is 10.1. The van der Waals surface area contributed by atoms with Crippen molar-refractivity contribution in [2.45, 2.75) is 102 Å². The van der Waals surface area contributed by atoms with Crippen molar-refractivity contribution >= 4 is 35.2 Å². The molecule has 3 saturated heterocycles. The summed E-state index contributed by atoms with van der Waals surface area (Å²) in [6.07, 6.45) is -9.41. The lowest BCUT2D eigenvalue weighted by atomic mass is 9.97. The molecule has 4 N–H and O–H groups in total. The SMILES string of the molecule is CO[C@H]1O[C@H](CNC(=S)N[C@@H](CO)[C@H]2O[C@@H]3OC(C)(C)O[C@@H]3[C@H]2O)[C@@H](OC(C)=O)[C@H](OC(C)=O)[C@H]1OC(C)=O. The van der Waals surface area contributed by atoms with Crippen LogP contribution in [0.5, 0.6) is 0 Å². The molecule has 0 bridgehead atoms. The van der Waals surface area contributed by atoms with Gasteiger partial charge in [-0.15, -0.1) is 0 Å². The average molecular weight is 581 g/mol. The van der Waals surface area contributed by atoms with Gasteiger partial charge in [-0.2, -0.15) is 0 Å². The Morgan fingerprint density at radius 3 is 2.10 bits per heavy atom. The van der Waals surface area contributed by atoms with Gasteiger partial charge in [-0.3, -0.25) is 14.4 Å². The number of hydrogen-bond donors (Lipinski definition) is 4. The van der Waals surface area contributed by atoms with Crippen LogP contribution in [0.3, 0.4) is 0 Å². The number of carbonyl (C=O) groups is 3. The fourth-order valence-corrected chi connectivity index (χ4v) is 4.94. The minimum absolute atomic E-state index is 0.0364. The summed E-state index contributed by atoms with van der Waals surface area (Å²) in [5.74, 6) is -3.02. The van der Waals surface area contributed by atoms with Crippen LogP contribution in [0.1, 0.15) is 34.6 Å². The van der Waals surface area contributed by atoms with E-state index in [1.807, 2.05) is 0 Å². The molecule has 15 nitrogen and oxygen atoms in total. The van der Waals surface area contributed by atoms with Gasteiger partial charge in [0.2, 0.25) is 0 Å². The first-order valence-electron chi connectivity index (χ1n) is 12.3. The second kappa shape index (κ2) is 13.0. The van der Waals surface area contributed by atoms with Crippen molar-refractivity contribution in [3.63, 3.8) is 0 Å². The number of ether oxygens (including phenoxy) is 8. The third-order valence-electron chi connectivity index (χ3n) is 6.16. The highest BCUT2D eigenvalue weighted by Gasteiger charge is 2.56. The number of rotatable bonds is 9. The van der Waals surface area contributed by atoms with Crippen molar-refractivity contribution in [1.82, 2.24) is 10.6 Å².